The summed E-state index contributed by atoms with van der Waals surface area (Å²) < 4.78 is 7.68. The molecule has 3 aromatic carbocycles. The SMILES string of the molecule is C=C(C(=O)N1CCC(C2CCNn3c2nc(-c2ccc(Oc4ccccc4)cc2)c3C(N)=O)C1)c1ccccc1. The zero-order chi connectivity index (χ0) is 27.6. The Hall–Kier alpha value is -4.85. The minimum Gasteiger partial charge on any atom is -0.457 e. The van der Waals surface area contributed by atoms with Crippen LogP contribution in [0.1, 0.15) is 40.6 Å². The molecule has 0 aliphatic carbocycles. The number of rotatable bonds is 7. The number of amides is 2. The maximum atomic E-state index is 13.2. The summed E-state index contributed by atoms with van der Waals surface area (Å²) in [5, 5.41) is 0. The Morgan fingerprint density at radius 1 is 0.925 bits per heavy atom. The largest absolute Gasteiger partial charge is 0.457 e. The number of primary amides is 1. The van der Waals surface area contributed by atoms with E-state index in [-0.39, 0.29) is 17.7 Å². The molecular formula is C32H31N5O3. The first-order valence-corrected chi connectivity index (χ1v) is 13.5. The third-order valence-electron chi connectivity index (χ3n) is 7.76. The highest BCUT2D eigenvalue weighted by atomic mass is 16.5. The minimum absolute atomic E-state index is 0.0395. The molecule has 8 heteroatoms. The molecule has 0 bridgehead atoms. The number of hydrogen-bond acceptors (Lipinski definition) is 5. The highest BCUT2D eigenvalue weighted by Crippen LogP contribution is 2.39. The molecule has 0 spiro atoms. The molecule has 3 heterocycles. The predicted octanol–water partition coefficient (Wildman–Crippen LogP) is 5.03. The van der Waals surface area contributed by atoms with E-state index in [4.69, 9.17) is 15.5 Å². The molecule has 3 N–H and O–H groups in total. The zero-order valence-electron chi connectivity index (χ0n) is 22.1. The van der Waals surface area contributed by atoms with Gasteiger partial charge in [-0.05, 0) is 60.7 Å². The van der Waals surface area contributed by atoms with E-state index in [9.17, 15) is 9.59 Å². The van der Waals surface area contributed by atoms with Gasteiger partial charge in [-0.1, -0.05) is 55.1 Å². The highest BCUT2D eigenvalue weighted by molar-refractivity contribution is 6.18. The lowest BCUT2D eigenvalue weighted by molar-refractivity contribution is -0.124. The fraction of sp³-hybridized carbons (Fsp3) is 0.219. The number of imidazole rings is 1. The highest BCUT2D eigenvalue weighted by Gasteiger charge is 2.39. The number of nitrogens with one attached hydrogen (secondary N) is 1. The molecule has 0 radical (unpaired) electrons. The molecule has 4 aromatic rings. The number of aromatic nitrogens is 2. The van der Waals surface area contributed by atoms with Crippen LogP contribution in [-0.4, -0.2) is 46.0 Å². The van der Waals surface area contributed by atoms with Crippen LogP contribution < -0.4 is 15.9 Å². The summed E-state index contributed by atoms with van der Waals surface area (Å²) >= 11 is 0. The van der Waals surface area contributed by atoms with Crippen molar-refractivity contribution in [2.24, 2.45) is 11.7 Å². The Kier molecular flexibility index (Phi) is 6.82. The average Bonchev–Trinajstić information content (AvgIpc) is 3.63. The fourth-order valence-electron chi connectivity index (χ4n) is 5.74. The van der Waals surface area contributed by atoms with Gasteiger partial charge >= 0.3 is 0 Å². The normalized spacial score (nSPS) is 18.1. The topological polar surface area (TPSA) is 102 Å². The van der Waals surface area contributed by atoms with E-state index in [0.717, 1.165) is 35.5 Å². The van der Waals surface area contributed by atoms with Crippen LogP contribution in [0.25, 0.3) is 16.8 Å². The van der Waals surface area contributed by atoms with Gasteiger partial charge in [-0.2, -0.15) is 0 Å². The number of fused-ring (bicyclic) bond motifs is 1. The summed E-state index contributed by atoms with van der Waals surface area (Å²) in [7, 11) is 0. The van der Waals surface area contributed by atoms with E-state index < -0.39 is 5.91 Å². The first-order valence-electron chi connectivity index (χ1n) is 13.5. The van der Waals surface area contributed by atoms with E-state index in [0.29, 0.717) is 42.3 Å². The van der Waals surface area contributed by atoms with Gasteiger partial charge in [-0.25, -0.2) is 9.66 Å². The van der Waals surface area contributed by atoms with Crippen molar-refractivity contribution in [3.63, 3.8) is 0 Å². The van der Waals surface area contributed by atoms with Crippen LogP contribution in [0, 0.1) is 5.92 Å². The lowest BCUT2D eigenvalue weighted by Gasteiger charge is -2.29. The number of carbonyl (C=O) groups excluding carboxylic acids is 2. The lowest BCUT2D eigenvalue weighted by Crippen LogP contribution is -2.35. The average molecular weight is 534 g/mol. The third-order valence-corrected chi connectivity index (χ3v) is 7.76. The fourth-order valence-corrected chi connectivity index (χ4v) is 5.74. The maximum absolute atomic E-state index is 13.2. The van der Waals surface area contributed by atoms with Gasteiger partial charge in [0.1, 0.15) is 23.0 Å². The molecule has 202 valence electrons. The molecule has 1 fully saturated rings. The summed E-state index contributed by atoms with van der Waals surface area (Å²) in [6, 6.07) is 26.6. The van der Waals surface area contributed by atoms with E-state index >= 15 is 0 Å². The molecule has 6 rings (SSSR count). The Balaban J connectivity index is 1.24. The number of benzene rings is 3. The molecule has 2 aliphatic rings. The second-order valence-electron chi connectivity index (χ2n) is 10.3. The number of nitrogens with zero attached hydrogens (tertiary/aromatic N) is 3. The van der Waals surface area contributed by atoms with Crippen molar-refractivity contribution in [3.05, 3.63) is 109 Å². The number of nitrogens with two attached hydrogens (primary N) is 1. The quantitative estimate of drug-likeness (QED) is 0.324. The molecule has 2 unspecified atom stereocenters. The smallest absolute Gasteiger partial charge is 0.269 e. The Morgan fingerprint density at radius 2 is 1.60 bits per heavy atom. The minimum atomic E-state index is -0.547. The van der Waals surface area contributed by atoms with Crippen molar-refractivity contribution in [2.75, 3.05) is 25.1 Å². The number of carbonyl (C=O) groups is 2. The van der Waals surface area contributed by atoms with Crippen LogP contribution in [0.3, 0.4) is 0 Å². The van der Waals surface area contributed by atoms with Crippen LogP contribution in [0.5, 0.6) is 11.5 Å². The van der Waals surface area contributed by atoms with Gasteiger partial charge in [0.25, 0.3) is 11.8 Å². The Bertz CT molecular complexity index is 1550. The van der Waals surface area contributed by atoms with Crippen LogP contribution in [-0.2, 0) is 4.79 Å². The van der Waals surface area contributed by atoms with Gasteiger partial charge in [-0.15, -0.1) is 0 Å². The van der Waals surface area contributed by atoms with E-state index in [1.54, 1.807) is 4.68 Å². The molecule has 2 amide bonds. The molecule has 1 saturated heterocycles. The van der Waals surface area contributed by atoms with Crippen molar-refractivity contribution in [1.82, 2.24) is 14.6 Å². The first-order chi connectivity index (χ1) is 19.5. The van der Waals surface area contributed by atoms with Crippen molar-refractivity contribution in [3.8, 4) is 22.8 Å². The zero-order valence-corrected chi connectivity index (χ0v) is 22.1. The van der Waals surface area contributed by atoms with E-state index in [2.05, 4.69) is 12.0 Å². The molecule has 40 heavy (non-hydrogen) atoms. The van der Waals surface area contributed by atoms with Gasteiger partial charge in [0.2, 0.25) is 0 Å². The molecule has 1 aromatic heterocycles. The second-order valence-corrected chi connectivity index (χ2v) is 10.3. The third kappa shape index (κ3) is 4.84. The number of hydrogen-bond donors (Lipinski definition) is 2. The van der Waals surface area contributed by atoms with Gasteiger partial charge in [0.05, 0.1) is 0 Å². The van der Waals surface area contributed by atoms with Crippen molar-refractivity contribution in [2.45, 2.75) is 18.8 Å². The summed E-state index contributed by atoms with van der Waals surface area (Å²) in [5.74, 6) is 1.91. The van der Waals surface area contributed by atoms with Gasteiger partial charge in [0, 0.05) is 36.7 Å². The predicted molar refractivity (Wildman–Crippen MR) is 154 cm³/mol. The number of ether oxygens (including phenoxy) is 1. The van der Waals surface area contributed by atoms with Gasteiger partial charge in [-0.3, -0.25) is 9.59 Å². The van der Waals surface area contributed by atoms with Crippen LogP contribution in [0.2, 0.25) is 0 Å². The first kappa shape index (κ1) is 25.4. The maximum Gasteiger partial charge on any atom is 0.269 e. The van der Waals surface area contributed by atoms with Crippen molar-refractivity contribution < 1.29 is 14.3 Å². The van der Waals surface area contributed by atoms with Crippen molar-refractivity contribution in [1.29, 1.82) is 0 Å². The van der Waals surface area contributed by atoms with Crippen LogP contribution >= 0.6 is 0 Å². The Morgan fingerprint density at radius 3 is 2.30 bits per heavy atom. The van der Waals surface area contributed by atoms with E-state index in [1.807, 2.05) is 89.8 Å². The van der Waals surface area contributed by atoms with Gasteiger partial charge in [0.15, 0.2) is 5.69 Å². The molecular weight excluding hydrogens is 502 g/mol. The lowest BCUT2D eigenvalue weighted by atomic mass is 9.87. The van der Waals surface area contributed by atoms with Gasteiger partial charge < -0.3 is 20.8 Å². The van der Waals surface area contributed by atoms with Crippen LogP contribution in [0.15, 0.2) is 91.5 Å². The second kappa shape index (κ2) is 10.7. The number of para-hydroxylation sites is 1. The van der Waals surface area contributed by atoms with Crippen molar-refractivity contribution >= 4 is 17.4 Å². The standard InChI is InChI=1S/C32H31N5O3/c1-21(22-8-4-2-5-9-22)32(39)36-19-17-24(20-36)27-16-18-34-37-29(30(33)38)28(35-31(27)37)23-12-14-26(15-13-23)40-25-10-6-3-7-11-25/h2-15,24,27,34H,1,16-20H2,(H2,33,38). The summed E-state index contributed by atoms with van der Waals surface area (Å²) in [5.41, 5.74) is 12.2. The van der Waals surface area contributed by atoms with E-state index in [1.165, 1.54) is 0 Å². The monoisotopic (exact) mass is 533 g/mol. The number of likely N-dealkylation sites (tertiary alicyclic amines) is 1. The summed E-state index contributed by atoms with van der Waals surface area (Å²) in [6.07, 6.45) is 1.71. The molecule has 8 nitrogen and oxygen atoms in total. The van der Waals surface area contributed by atoms with Crippen LogP contribution in [0.4, 0.5) is 0 Å². The Labute approximate surface area is 233 Å². The summed E-state index contributed by atoms with van der Waals surface area (Å²) in [6.45, 7) is 6.03. The molecule has 0 saturated carbocycles. The summed E-state index contributed by atoms with van der Waals surface area (Å²) in [4.78, 5) is 32.7. The molecule has 2 atom stereocenters. The molecule has 2 aliphatic heterocycles.